The molecule has 0 bridgehead atoms. The van der Waals surface area contributed by atoms with Crippen molar-refractivity contribution >= 4 is 15.5 Å². The normalized spacial score (nSPS) is 7.40. The Kier molecular flexibility index (Phi) is 4.16. The third-order valence-corrected chi connectivity index (χ3v) is 0.901. The number of hydrogen-bond acceptors (Lipinski definition) is 0. The van der Waals surface area contributed by atoms with E-state index in [1.165, 1.54) is 12.8 Å². The summed E-state index contributed by atoms with van der Waals surface area (Å²) in [5, 5.41) is 0. The van der Waals surface area contributed by atoms with Crippen molar-refractivity contribution in [1.82, 2.24) is 0 Å². The van der Waals surface area contributed by atoms with E-state index in [9.17, 15) is 0 Å². The van der Waals surface area contributed by atoms with Crippen LogP contribution in [0.3, 0.4) is 0 Å². The summed E-state index contributed by atoms with van der Waals surface area (Å²) in [6.45, 7) is 2.18. The highest BCUT2D eigenvalue weighted by molar-refractivity contribution is 6.27. The second-order valence-electron chi connectivity index (χ2n) is 1.08. The second kappa shape index (κ2) is 4.09. The summed E-state index contributed by atoms with van der Waals surface area (Å²) in [6.07, 6.45) is 2.57. The van der Waals surface area contributed by atoms with Gasteiger partial charge in [-0.2, -0.15) is 0 Å². The SMILES string of the molecule is CCCC=[SiH2]. The minimum absolute atomic E-state index is 1.28. The fourth-order valence-corrected chi connectivity index (χ4v) is 0.612. The fraction of sp³-hybridized carbons (Fsp3) is 0.750. The van der Waals surface area contributed by atoms with Gasteiger partial charge in [0.1, 0.15) is 0 Å². The van der Waals surface area contributed by atoms with E-state index in [2.05, 4.69) is 12.6 Å². The molecule has 0 nitrogen and oxygen atoms in total. The largest absolute Gasteiger partial charge is 0.110 e. The average molecular weight is 86.2 g/mol. The van der Waals surface area contributed by atoms with Gasteiger partial charge in [-0.3, -0.25) is 0 Å². The molecule has 0 aliphatic rings. The van der Waals surface area contributed by atoms with Crippen molar-refractivity contribution < 1.29 is 0 Å². The molecule has 0 aromatic rings. The summed E-state index contributed by atoms with van der Waals surface area (Å²) in [6, 6.07) is 0. The monoisotopic (exact) mass is 86.1 g/mol. The number of rotatable bonds is 2. The molecule has 0 aliphatic heterocycles. The van der Waals surface area contributed by atoms with Crippen LogP contribution in [0.5, 0.6) is 0 Å². The van der Waals surface area contributed by atoms with Gasteiger partial charge in [0.2, 0.25) is 0 Å². The molecule has 0 aromatic carbocycles. The minimum Gasteiger partial charge on any atom is -0.110 e. The van der Waals surface area contributed by atoms with Crippen LogP contribution in [-0.2, 0) is 0 Å². The molecular formula is C4H10Si. The van der Waals surface area contributed by atoms with Gasteiger partial charge in [-0.05, 0) is 16.3 Å². The molecule has 0 aromatic heterocycles. The van der Waals surface area contributed by atoms with Gasteiger partial charge in [0.25, 0.3) is 0 Å². The van der Waals surface area contributed by atoms with E-state index < -0.39 is 0 Å². The smallest absolute Gasteiger partial charge is 0.0288 e. The summed E-state index contributed by atoms with van der Waals surface area (Å²) in [7, 11) is 1.92. The van der Waals surface area contributed by atoms with E-state index >= 15 is 0 Å². The van der Waals surface area contributed by atoms with Crippen molar-refractivity contribution in [1.29, 1.82) is 0 Å². The van der Waals surface area contributed by atoms with Gasteiger partial charge in [-0.15, -0.1) is 5.67 Å². The predicted molar refractivity (Wildman–Crippen MR) is 29.5 cm³/mol. The van der Waals surface area contributed by atoms with E-state index in [0.717, 1.165) is 0 Å². The molecule has 30 valence electrons. The lowest BCUT2D eigenvalue weighted by Gasteiger charge is -1.73. The van der Waals surface area contributed by atoms with Crippen LogP contribution in [-0.4, -0.2) is 15.5 Å². The maximum atomic E-state index is 2.21. The lowest BCUT2D eigenvalue weighted by atomic mass is 10.4. The maximum absolute atomic E-state index is 2.21. The van der Waals surface area contributed by atoms with Crippen LogP contribution in [0.4, 0.5) is 0 Å². The van der Waals surface area contributed by atoms with E-state index in [1.807, 2.05) is 9.85 Å². The zero-order chi connectivity index (χ0) is 4.12. The summed E-state index contributed by atoms with van der Waals surface area (Å²) < 4.78 is 0. The molecule has 0 N–H and O–H groups in total. The molecule has 0 amide bonds. The van der Waals surface area contributed by atoms with Crippen molar-refractivity contribution in [2.45, 2.75) is 19.8 Å². The Morgan fingerprint density at radius 3 is 2.40 bits per heavy atom. The topological polar surface area (TPSA) is 0 Å². The minimum atomic E-state index is 1.28. The van der Waals surface area contributed by atoms with Gasteiger partial charge >= 0.3 is 0 Å². The molecular weight excluding hydrogens is 76.1 g/mol. The molecule has 1 heteroatoms. The highest BCUT2D eigenvalue weighted by Gasteiger charge is 1.61. The van der Waals surface area contributed by atoms with E-state index in [-0.39, 0.29) is 0 Å². The van der Waals surface area contributed by atoms with E-state index in [4.69, 9.17) is 0 Å². The van der Waals surface area contributed by atoms with Gasteiger partial charge in [0.05, 0.1) is 0 Å². The molecule has 0 spiro atoms. The van der Waals surface area contributed by atoms with E-state index in [1.54, 1.807) is 0 Å². The molecule has 0 rings (SSSR count). The highest BCUT2D eigenvalue weighted by atomic mass is 28.1. The van der Waals surface area contributed by atoms with Crippen LogP contribution in [0.15, 0.2) is 0 Å². The number of hydrogen-bond donors (Lipinski definition) is 0. The highest BCUT2D eigenvalue weighted by Crippen LogP contribution is 1.74. The summed E-state index contributed by atoms with van der Waals surface area (Å²) in [5.74, 6) is 0. The molecule has 0 saturated carbocycles. The standard InChI is InChI=1S/C4H10Si/c1-2-3-4-5/h4H,2-3,5H2,1H3. The summed E-state index contributed by atoms with van der Waals surface area (Å²) in [4.78, 5) is 0. The van der Waals surface area contributed by atoms with Crippen LogP contribution in [0.2, 0.25) is 0 Å². The quantitative estimate of drug-likeness (QED) is 0.422. The molecule has 0 atom stereocenters. The van der Waals surface area contributed by atoms with Crippen molar-refractivity contribution in [3.8, 4) is 0 Å². The average Bonchev–Trinajstić information content (AvgIpc) is 1.41. The Balaban J connectivity index is 2.40. The van der Waals surface area contributed by atoms with Gasteiger partial charge in [-0.1, -0.05) is 13.3 Å². The first kappa shape index (κ1) is 5.09. The maximum Gasteiger partial charge on any atom is -0.0288 e. The first-order valence-electron chi connectivity index (χ1n) is 2.02. The molecule has 5 heavy (non-hydrogen) atoms. The zero-order valence-corrected chi connectivity index (χ0v) is 5.11. The van der Waals surface area contributed by atoms with Crippen LogP contribution < -0.4 is 0 Å². The van der Waals surface area contributed by atoms with Crippen molar-refractivity contribution in [2.24, 2.45) is 0 Å². The van der Waals surface area contributed by atoms with Gasteiger partial charge in [0, 0.05) is 0 Å². The third-order valence-electron chi connectivity index (χ3n) is 0.493. The predicted octanol–water partition coefficient (Wildman–Crippen LogP) is 0.222. The van der Waals surface area contributed by atoms with Crippen molar-refractivity contribution in [3.05, 3.63) is 0 Å². The molecule has 0 fully saturated rings. The molecule has 0 aliphatic carbocycles. The second-order valence-corrected chi connectivity index (χ2v) is 1.65. The molecule has 0 unspecified atom stereocenters. The lowest BCUT2D eigenvalue weighted by Crippen LogP contribution is -1.66. The van der Waals surface area contributed by atoms with Crippen LogP contribution >= 0.6 is 0 Å². The van der Waals surface area contributed by atoms with Crippen molar-refractivity contribution in [2.75, 3.05) is 0 Å². The first-order valence-corrected chi connectivity index (χ1v) is 2.84. The van der Waals surface area contributed by atoms with Crippen molar-refractivity contribution in [3.63, 3.8) is 0 Å². The Hall–Kier alpha value is 0.0869. The lowest BCUT2D eigenvalue weighted by molar-refractivity contribution is 1.02. The fourth-order valence-electron chi connectivity index (χ4n) is 0.204. The summed E-state index contributed by atoms with van der Waals surface area (Å²) in [5.41, 5.74) is 2.21. The first-order chi connectivity index (χ1) is 2.41. The zero-order valence-electron chi connectivity index (χ0n) is 3.70. The Labute approximate surface area is 36.2 Å². The number of unbranched alkanes of at least 4 members (excludes halogenated alkanes) is 1. The molecule has 0 radical (unpaired) electrons. The van der Waals surface area contributed by atoms with Gasteiger partial charge in [-0.25, -0.2) is 0 Å². The third kappa shape index (κ3) is 4.09. The Bertz CT molecular complexity index is 24.8. The van der Waals surface area contributed by atoms with Crippen LogP contribution in [0.25, 0.3) is 0 Å². The summed E-state index contributed by atoms with van der Waals surface area (Å²) >= 11 is 0. The Morgan fingerprint density at radius 1 is 1.80 bits per heavy atom. The van der Waals surface area contributed by atoms with Crippen LogP contribution in [0.1, 0.15) is 19.8 Å². The van der Waals surface area contributed by atoms with Crippen LogP contribution in [0, 0.1) is 0 Å². The van der Waals surface area contributed by atoms with E-state index in [0.29, 0.717) is 0 Å². The molecule has 0 heterocycles. The Morgan fingerprint density at radius 2 is 2.40 bits per heavy atom. The van der Waals surface area contributed by atoms with Gasteiger partial charge < -0.3 is 0 Å². The molecule has 0 saturated heterocycles. The van der Waals surface area contributed by atoms with Gasteiger partial charge in [0.15, 0.2) is 0 Å².